The Hall–Kier alpha value is -3.34. The van der Waals surface area contributed by atoms with Crippen LogP contribution in [0.1, 0.15) is 62.5 Å². The molecular formula is C37H44ClN5O3S. The fourth-order valence-corrected chi connectivity index (χ4v) is 7.91. The maximum Gasteiger partial charge on any atom is 0.337 e. The van der Waals surface area contributed by atoms with Gasteiger partial charge in [-0.1, -0.05) is 23.7 Å². The van der Waals surface area contributed by atoms with Gasteiger partial charge in [-0.25, -0.2) is 9.78 Å². The first-order valence-electron chi connectivity index (χ1n) is 16.2. The number of benzene rings is 3. The molecule has 5 aromatic rings. The molecule has 0 aliphatic carbocycles. The van der Waals surface area contributed by atoms with Crippen molar-refractivity contribution in [2.75, 3.05) is 40.3 Å². The number of aryl methyl sites for hydroxylation is 2. The van der Waals surface area contributed by atoms with E-state index in [9.17, 15) is 9.90 Å². The Morgan fingerprint density at radius 1 is 1.11 bits per heavy atom. The second-order valence-corrected chi connectivity index (χ2v) is 15.4. The molecule has 0 spiro atoms. The minimum Gasteiger partial charge on any atom is -0.479 e. The fourth-order valence-electron chi connectivity index (χ4n) is 6.66. The number of fused-ring (bicyclic) bond motifs is 2. The van der Waals surface area contributed by atoms with Crippen LogP contribution in [0.3, 0.4) is 0 Å². The van der Waals surface area contributed by atoms with Gasteiger partial charge >= 0.3 is 5.97 Å². The van der Waals surface area contributed by atoms with Crippen molar-refractivity contribution in [2.24, 2.45) is 7.05 Å². The number of carbonyl (C=O) groups is 1. The number of likely N-dealkylation sites (N-methyl/N-ethyl adjacent to an activating group) is 1. The molecular weight excluding hydrogens is 630 g/mol. The number of nitrogens with zero attached hydrogens (tertiary/aromatic N) is 5. The van der Waals surface area contributed by atoms with Gasteiger partial charge in [-0.2, -0.15) is 5.10 Å². The molecule has 0 saturated carbocycles. The van der Waals surface area contributed by atoms with E-state index in [0.717, 1.165) is 82.0 Å². The SMILES string of the molecule is Cc1cc2nc(-c3ccc4c(c3)c(C3CCN(CCN(C)C)CC3)nn4C)sc2c(-c2ccc(Cl)cc2)c1[C@H](OC(C)(C)C)C(=O)O. The molecule has 2 aromatic heterocycles. The molecule has 1 N–H and O–H groups in total. The molecule has 1 aliphatic rings. The van der Waals surface area contributed by atoms with E-state index >= 15 is 0 Å². The second kappa shape index (κ2) is 13.3. The molecule has 1 aliphatic heterocycles. The fraction of sp³-hybridized carbons (Fsp3) is 0.432. The number of aromatic nitrogens is 3. The average Bonchev–Trinajstić information content (AvgIpc) is 3.59. The molecule has 8 nitrogen and oxygen atoms in total. The van der Waals surface area contributed by atoms with Gasteiger partial charge in [0.05, 0.1) is 27.0 Å². The van der Waals surface area contributed by atoms with Gasteiger partial charge in [-0.05, 0) is 115 Å². The first-order chi connectivity index (χ1) is 22.3. The van der Waals surface area contributed by atoms with Gasteiger partial charge in [0.15, 0.2) is 6.10 Å². The largest absolute Gasteiger partial charge is 0.479 e. The van der Waals surface area contributed by atoms with Gasteiger partial charge in [0.2, 0.25) is 0 Å². The lowest BCUT2D eigenvalue weighted by atomic mass is 9.91. The molecule has 47 heavy (non-hydrogen) atoms. The highest BCUT2D eigenvalue weighted by Crippen LogP contribution is 2.45. The van der Waals surface area contributed by atoms with E-state index in [1.807, 2.05) is 69.8 Å². The molecule has 3 heterocycles. The number of halogens is 1. The summed E-state index contributed by atoms with van der Waals surface area (Å²) in [6.07, 6.45) is 1.04. The third-order valence-corrected chi connectivity index (χ3v) is 10.4. The van der Waals surface area contributed by atoms with Gasteiger partial charge < -0.3 is 19.6 Å². The number of thiazole rings is 1. The molecule has 248 valence electrons. The second-order valence-electron chi connectivity index (χ2n) is 14.0. The monoisotopic (exact) mass is 673 g/mol. The molecule has 0 unspecified atom stereocenters. The van der Waals surface area contributed by atoms with Gasteiger partial charge in [-0.3, -0.25) is 4.68 Å². The van der Waals surface area contributed by atoms with Crippen LogP contribution in [-0.4, -0.2) is 81.5 Å². The number of likely N-dealkylation sites (tertiary alicyclic amines) is 1. The van der Waals surface area contributed by atoms with Crippen molar-refractivity contribution in [3.05, 3.63) is 70.4 Å². The van der Waals surface area contributed by atoms with E-state index in [-0.39, 0.29) is 0 Å². The molecule has 0 bridgehead atoms. The van der Waals surface area contributed by atoms with Gasteiger partial charge in [0.1, 0.15) is 5.01 Å². The van der Waals surface area contributed by atoms with Gasteiger partial charge in [-0.15, -0.1) is 11.3 Å². The summed E-state index contributed by atoms with van der Waals surface area (Å²) in [5.41, 5.74) is 6.62. The van der Waals surface area contributed by atoms with Crippen LogP contribution in [0.5, 0.6) is 0 Å². The smallest absolute Gasteiger partial charge is 0.337 e. The zero-order valence-corrected chi connectivity index (χ0v) is 29.9. The van der Waals surface area contributed by atoms with E-state index in [4.69, 9.17) is 26.4 Å². The zero-order valence-electron chi connectivity index (χ0n) is 28.3. The van der Waals surface area contributed by atoms with Crippen molar-refractivity contribution in [2.45, 2.75) is 58.2 Å². The molecule has 6 rings (SSSR count). The van der Waals surface area contributed by atoms with E-state index in [2.05, 4.69) is 42.1 Å². The van der Waals surface area contributed by atoms with Crippen molar-refractivity contribution in [3.63, 3.8) is 0 Å². The first kappa shape index (κ1) is 33.6. The topological polar surface area (TPSA) is 83.7 Å². The van der Waals surface area contributed by atoms with Crippen LogP contribution in [-0.2, 0) is 16.6 Å². The number of carboxylic acids is 1. The number of rotatable bonds is 9. The van der Waals surface area contributed by atoms with Gasteiger partial charge in [0, 0.05) is 53.2 Å². The Labute approximate surface area is 285 Å². The molecule has 1 atom stereocenters. The first-order valence-corrected chi connectivity index (χ1v) is 17.4. The third kappa shape index (κ3) is 7.10. The molecule has 0 radical (unpaired) electrons. The lowest BCUT2D eigenvalue weighted by Crippen LogP contribution is -2.37. The predicted octanol–water partition coefficient (Wildman–Crippen LogP) is 8.16. The molecule has 0 amide bonds. The molecule has 1 fully saturated rings. The summed E-state index contributed by atoms with van der Waals surface area (Å²) in [5, 5.41) is 18.1. The Bertz CT molecular complexity index is 1920. The van der Waals surface area contributed by atoms with Gasteiger partial charge in [0.25, 0.3) is 0 Å². The maximum absolute atomic E-state index is 12.7. The third-order valence-electron chi connectivity index (χ3n) is 8.98. The number of carboxylic acid groups (broad SMARTS) is 1. The minimum absolute atomic E-state index is 0.414. The number of hydrogen-bond donors (Lipinski definition) is 1. The quantitative estimate of drug-likeness (QED) is 0.169. The van der Waals surface area contributed by atoms with E-state index in [1.165, 1.54) is 11.1 Å². The van der Waals surface area contributed by atoms with Crippen molar-refractivity contribution in [1.29, 1.82) is 0 Å². The predicted molar refractivity (Wildman–Crippen MR) is 193 cm³/mol. The Morgan fingerprint density at radius 3 is 2.43 bits per heavy atom. The van der Waals surface area contributed by atoms with E-state index in [0.29, 0.717) is 16.5 Å². The summed E-state index contributed by atoms with van der Waals surface area (Å²) < 4.78 is 9.11. The van der Waals surface area contributed by atoms with Crippen molar-refractivity contribution < 1.29 is 14.6 Å². The van der Waals surface area contributed by atoms with Crippen LogP contribution in [0, 0.1) is 6.92 Å². The number of piperidine rings is 1. The van der Waals surface area contributed by atoms with E-state index < -0.39 is 17.7 Å². The summed E-state index contributed by atoms with van der Waals surface area (Å²) in [5.74, 6) is -0.613. The summed E-state index contributed by atoms with van der Waals surface area (Å²) in [6, 6.07) is 16.0. The minimum atomic E-state index is -1.15. The maximum atomic E-state index is 12.7. The number of hydrogen-bond acceptors (Lipinski definition) is 7. The van der Waals surface area contributed by atoms with Crippen molar-refractivity contribution >= 4 is 50.0 Å². The molecule has 1 saturated heterocycles. The van der Waals surface area contributed by atoms with Crippen LogP contribution >= 0.6 is 22.9 Å². The Balaban J connectivity index is 1.44. The molecule has 10 heteroatoms. The van der Waals surface area contributed by atoms with Crippen molar-refractivity contribution in [1.82, 2.24) is 24.6 Å². The molecule has 3 aromatic carbocycles. The summed E-state index contributed by atoms with van der Waals surface area (Å²) in [7, 11) is 6.28. The van der Waals surface area contributed by atoms with E-state index in [1.54, 1.807) is 11.3 Å². The summed E-state index contributed by atoms with van der Waals surface area (Å²) in [4.78, 5) is 22.7. The average molecular weight is 674 g/mol. The highest BCUT2D eigenvalue weighted by molar-refractivity contribution is 7.22. The highest BCUT2D eigenvalue weighted by atomic mass is 35.5. The number of ether oxygens (including phenoxy) is 1. The standard InChI is InChI=1S/C37H44ClN5O3S/c1-22-20-28-34(31(23-8-11-26(38)12-9-23)30(22)33(36(44)45)46-37(2,3)4)47-35(39-28)25-10-13-29-27(21-25)32(40-42(29)7)24-14-16-43(17-15-24)19-18-41(5)6/h8-13,20-21,24,33H,14-19H2,1-7H3,(H,44,45)/t33-/m0/s1. The van der Waals surface area contributed by atoms with Crippen molar-refractivity contribution in [3.8, 4) is 21.7 Å². The Morgan fingerprint density at radius 2 is 1.79 bits per heavy atom. The van der Waals surface area contributed by atoms with Crippen LogP contribution in [0.2, 0.25) is 5.02 Å². The Kier molecular flexibility index (Phi) is 9.48. The highest BCUT2D eigenvalue weighted by Gasteiger charge is 2.32. The van der Waals surface area contributed by atoms with Crippen LogP contribution < -0.4 is 0 Å². The zero-order chi connectivity index (χ0) is 33.6. The van der Waals surface area contributed by atoms with Crippen LogP contribution in [0.15, 0.2) is 48.5 Å². The van der Waals surface area contributed by atoms with Crippen LogP contribution in [0.4, 0.5) is 0 Å². The van der Waals surface area contributed by atoms with Crippen LogP contribution in [0.25, 0.3) is 42.8 Å². The lowest BCUT2D eigenvalue weighted by molar-refractivity contribution is -0.160. The lowest BCUT2D eigenvalue weighted by Gasteiger charge is -2.32. The summed E-state index contributed by atoms with van der Waals surface area (Å²) in [6.45, 7) is 11.9. The summed E-state index contributed by atoms with van der Waals surface area (Å²) >= 11 is 7.86. The normalized spacial score (nSPS) is 15.7. The number of aliphatic carboxylic acids is 1.